The van der Waals surface area contributed by atoms with E-state index in [9.17, 15) is 14.7 Å². The molecule has 3 N–H and O–H groups in total. The molecule has 6 nitrogen and oxygen atoms in total. The average Bonchev–Trinajstić information content (AvgIpc) is 2.92. The number of carbonyl (C=O) groups is 2. The summed E-state index contributed by atoms with van der Waals surface area (Å²) in [4.78, 5) is 27.2. The first-order valence-corrected chi connectivity index (χ1v) is 7.13. The van der Waals surface area contributed by atoms with Crippen LogP contribution in [0.5, 0.6) is 0 Å². The molecule has 1 heterocycles. The molecular formula is C14H15N3O3S. The highest BCUT2D eigenvalue weighted by molar-refractivity contribution is 7.09. The molecule has 0 saturated carbocycles. The van der Waals surface area contributed by atoms with E-state index in [1.165, 1.54) is 17.4 Å². The van der Waals surface area contributed by atoms with Crippen molar-refractivity contribution in [3.8, 4) is 0 Å². The molecule has 0 radical (unpaired) electrons. The number of benzene rings is 1. The van der Waals surface area contributed by atoms with Crippen molar-refractivity contribution in [3.05, 3.63) is 45.4 Å². The van der Waals surface area contributed by atoms with E-state index in [1.54, 1.807) is 13.1 Å². The number of rotatable bonds is 4. The van der Waals surface area contributed by atoms with E-state index in [1.807, 2.05) is 18.4 Å². The van der Waals surface area contributed by atoms with Gasteiger partial charge in [-0.25, -0.2) is 14.6 Å². The predicted molar refractivity (Wildman–Crippen MR) is 80.8 cm³/mol. The number of urea groups is 1. The smallest absolute Gasteiger partial charge is 0.337 e. The van der Waals surface area contributed by atoms with Gasteiger partial charge in [-0.2, -0.15) is 0 Å². The number of carbonyl (C=O) groups excluding carboxylic acids is 1. The SMILES string of the molecule is Cc1cc(C)c(NC(=O)NCc2nccs2)c(C(=O)O)c1. The summed E-state index contributed by atoms with van der Waals surface area (Å²) in [6.45, 7) is 3.87. The van der Waals surface area contributed by atoms with E-state index in [-0.39, 0.29) is 5.56 Å². The second-order valence-corrected chi connectivity index (χ2v) is 5.52. The van der Waals surface area contributed by atoms with Gasteiger partial charge < -0.3 is 15.7 Å². The zero-order valence-electron chi connectivity index (χ0n) is 11.6. The van der Waals surface area contributed by atoms with Gasteiger partial charge in [-0.3, -0.25) is 0 Å². The van der Waals surface area contributed by atoms with Crippen LogP contribution >= 0.6 is 11.3 Å². The molecule has 0 unspecified atom stereocenters. The molecule has 0 aliphatic rings. The number of anilines is 1. The summed E-state index contributed by atoms with van der Waals surface area (Å²) in [6.07, 6.45) is 1.66. The van der Waals surface area contributed by atoms with Crippen LogP contribution < -0.4 is 10.6 Å². The zero-order valence-corrected chi connectivity index (χ0v) is 12.5. The van der Waals surface area contributed by atoms with Crippen LogP contribution in [0.3, 0.4) is 0 Å². The fraction of sp³-hybridized carbons (Fsp3) is 0.214. The number of hydrogen-bond donors (Lipinski definition) is 3. The molecule has 0 aliphatic carbocycles. The lowest BCUT2D eigenvalue weighted by molar-refractivity contribution is 0.0698. The lowest BCUT2D eigenvalue weighted by atomic mass is 10.0. The lowest BCUT2D eigenvalue weighted by Gasteiger charge is -2.13. The van der Waals surface area contributed by atoms with Gasteiger partial charge in [0.05, 0.1) is 17.8 Å². The summed E-state index contributed by atoms with van der Waals surface area (Å²) < 4.78 is 0. The van der Waals surface area contributed by atoms with Crippen LogP contribution in [0.15, 0.2) is 23.7 Å². The molecule has 21 heavy (non-hydrogen) atoms. The van der Waals surface area contributed by atoms with Gasteiger partial charge in [-0.15, -0.1) is 11.3 Å². The summed E-state index contributed by atoms with van der Waals surface area (Å²) in [5.41, 5.74) is 1.93. The van der Waals surface area contributed by atoms with Gasteiger partial charge in [-0.1, -0.05) is 6.07 Å². The van der Waals surface area contributed by atoms with E-state index in [2.05, 4.69) is 15.6 Å². The van der Waals surface area contributed by atoms with Crippen molar-refractivity contribution in [2.45, 2.75) is 20.4 Å². The first-order valence-electron chi connectivity index (χ1n) is 6.25. The third-order valence-corrected chi connectivity index (χ3v) is 3.61. The van der Waals surface area contributed by atoms with E-state index >= 15 is 0 Å². The molecule has 0 atom stereocenters. The number of aromatic nitrogens is 1. The van der Waals surface area contributed by atoms with Crippen LogP contribution in [0, 0.1) is 13.8 Å². The van der Waals surface area contributed by atoms with Crippen molar-refractivity contribution in [1.82, 2.24) is 10.3 Å². The summed E-state index contributed by atoms with van der Waals surface area (Å²) in [7, 11) is 0. The molecule has 7 heteroatoms. The molecule has 0 spiro atoms. The number of thiazole rings is 1. The van der Waals surface area contributed by atoms with Gasteiger partial charge in [-0.05, 0) is 31.0 Å². The highest BCUT2D eigenvalue weighted by Gasteiger charge is 2.15. The number of aryl methyl sites for hydroxylation is 2. The molecular weight excluding hydrogens is 290 g/mol. The van der Waals surface area contributed by atoms with Crippen LogP contribution in [0.4, 0.5) is 10.5 Å². The Kier molecular flexibility index (Phi) is 4.54. The standard InChI is InChI=1S/C14H15N3O3S/c1-8-5-9(2)12(10(6-8)13(18)19)17-14(20)16-7-11-15-3-4-21-11/h3-6H,7H2,1-2H3,(H,18,19)(H2,16,17,20). The highest BCUT2D eigenvalue weighted by Crippen LogP contribution is 2.22. The maximum absolute atomic E-state index is 11.9. The predicted octanol–water partition coefficient (Wildman–Crippen LogP) is 2.78. The van der Waals surface area contributed by atoms with Gasteiger partial charge in [0.15, 0.2) is 0 Å². The van der Waals surface area contributed by atoms with E-state index in [0.717, 1.165) is 10.6 Å². The van der Waals surface area contributed by atoms with Crippen molar-refractivity contribution < 1.29 is 14.7 Å². The quantitative estimate of drug-likeness (QED) is 0.810. The Hall–Kier alpha value is -2.41. The monoisotopic (exact) mass is 305 g/mol. The van der Waals surface area contributed by atoms with Crippen molar-refractivity contribution in [1.29, 1.82) is 0 Å². The van der Waals surface area contributed by atoms with E-state index in [0.29, 0.717) is 17.8 Å². The third kappa shape index (κ3) is 3.79. The number of nitrogens with zero attached hydrogens (tertiary/aromatic N) is 1. The molecule has 110 valence electrons. The maximum atomic E-state index is 11.9. The number of nitrogens with one attached hydrogen (secondary N) is 2. The van der Waals surface area contributed by atoms with Crippen molar-refractivity contribution in [3.63, 3.8) is 0 Å². The molecule has 2 aromatic rings. The minimum absolute atomic E-state index is 0.0805. The second kappa shape index (κ2) is 6.36. The fourth-order valence-corrected chi connectivity index (χ4v) is 2.51. The van der Waals surface area contributed by atoms with Crippen LogP contribution in [-0.2, 0) is 6.54 Å². The third-order valence-electron chi connectivity index (χ3n) is 2.83. The first kappa shape index (κ1) is 15.0. The molecule has 2 amide bonds. The van der Waals surface area contributed by atoms with Gasteiger partial charge >= 0.3 is 12.0 Å². The minimum Gasteiger partial charge on any atom is -0.478 e. The average molecular weight is 305 g/mol. The second-order valence-electron chi connectivity index (χ2n) is 4.54. The lowest BCUT2D eigenvalue weighted by Crippen LogP contribution is -2.29. The van der Waals surface area contributed by atoms with Gasteiger partial charge in [0, 0.05) is 11.6 Å². The molecule has 0 bridgehead atoms. The molecule has 0 fully saturated rings. The molecule has 2 rings (SSSR count). The summed E-state index contributed by atoms with van der Waals surface area (Å²) in [5.74, 6) is -1.07. The van der Waals surface area contributed by atoms with Crippen LogP contribution in [-0.4, -0.2) is 22.1 Å². The fourth-order valence-electron chi connectivity index (χ4n) is 1.96. The number of hydrogen-bond acceptors (Lipinski definition) is 4. The maximum Gasteiger partial charge on any atom is 0.337 e. The number of amides is 2. The molecule has 1 aromatic heterocycles. The molecule has 0 aliphatic heterocycles. The Morgan fingerprint density at radius 3 is 2.71 bits per heavy atom. The highest BCUT2D eigenvalue weighted by atomic mass is 32.1. The van der Waals surface area contributed by atoms with E-state index < -0.39 is 12.0 Å². The van der Waals surface area contributed by atoms with E-state index in [4.69, 9.17) is 0 Å². The summed E-state index contributed by atoms with van der Waals surface area (Å²) in [5, 5.41) is 17.1. The zero-order chi connectivity index (χ0) is 15.4. The van der Waals surface area contributed by atoms with Crippen LogP contribution in [0.25, 0.3) is 0 Å². The summed E-state index contributed by atoms with van der Waals surface area (Å²) in [6, 6.07) is 2.90. The Bertz CT molecular complexity index is 668. The van der Waals surface area contributed by atoms with Gasteiger partial charge in [0.1, 0.15) is 5.01 Å². The Morgan fingerprint density at radius 2 is 2.10 bits per heavy atom. The Labute approximate surface area is 125 Å². The molecule has 0 saturated heterocycles. The Balaban J connectivity index is 2.11. The molecule has 1 aromatic carbocycles. The van der Waals surface area contributed by atoms with Crippen LogP contribution in [0.1, 0.15) is 26.5 Å². The number of carboxylic acids is 1. The van der Waals surface area contributed by atoms with Crippen molar-refractivity contribution in [2.24, 2.45) is 0 Å². The normalized spacial score (nSPS) is 10.2. The van der Waals surface area contributed by atoms with Crippen molar-refractivity contribution in [2.75, 3.05) is 5.32 Å². The van der Waals surface area contributed by atoms with Gasteiger partial charge in [0.2, 0.25) is 0 Å². The summed E-state index contributed by atoms with van der Waals surface area (Å²) >= 11 is 1.44. The largest absolute Gasteiger partial charge is 0.478 e. The first-order chi connectivity index (χ1) is 9.97. The van der Waals surface area contributed by atoms with Crippen molar-refractivity contribution >= 4 is 29.0 Å². The number of aromatic carboxylic acids is 1. The Morgan fingerprint density at radius 1 is 1.33 bits per heavy atom. The van der Waals surface area contributed by atoms with Crippen LogP contribution in [0.2, 0.25) is 0 Å². The minimum atomic E-state index is -1.07. The van der Waals surface area contributed by atoms with Gasteiger partial charge in [0.25, 0.3) is 0 Å². The number of carboxylic acid groups (broad SMARTS) is 1. The topological polar surface area (TPSA) is 91.3 Å².